The molecule has 0 saturated heterocycles. The van der Waals surface area contributed by atoms with Crippen LogP contribution in [0.25, 0.3) is 6.08 Å². The molecule has 0 atom stereocenters. The number of amides is 1. The van der Waals surface area contributed by atoms with Crippen LogP contribution in [0.4, 0.5) is 0 Å². The Morgan fingerprint density at radius 3 is 2.38 bits per heavy atom. The minimum atomic E-state index is -0.185. The number of carbonyl (C=O) groups is 1. The molecule has 0 spiro atoms. The van der Waals surface area contributed by atoms with Crippen LogP contribution in [0.2, 0.25) is 0 Å². The highest BCUT2D eigenvalue weighted by Gasteiger charge is 2.12. The minimum absolute atomic E-state index is 0.185. The summed E-state index contributed by atoms with van der Waals surface area (Å²) < 4.78 is 15.8. The van der Waals surface area contributed by atoms with Gasteiger partial charge >= 0.3 is 0 Å². The summed E-state index contributed by atoms with van der Waals surface area (Å²) in [6, 6.07) is 3.55. The van der Waals surface area contributed by atoms with Gasteiger partial charge in [0.15, 0.2) is 11.5 Å². The zero-order valence-corrected chi connectivity index (χ0v) is 14.9. The van der Waals surface area contributed by atoms with E-state index in [1.54, 1.807) is 57.1 Å². The van der Waals surface area contributed by atoms with Crippen LogP contribution >= 0.6 is 11.3 Å². The van der Waals surface area contributed by atoms with Crippen molar-refractivity contribution >= 4 is 23.3 Å². The Bertz CT molecular complexity index is 715. The van der Waals surface area contributed by atoms with Gasteiger partial charge in [0.05, 0.1) is 32.9 Å². The average Bonchev–Trinajstić information content (AvgIpc) is 3.02. The molecule has 0 bridgehead atoms. The molecule has 0 aliphatic heterocycles. The number of hydrogen-bond donors (Lipinski definition) is 1. The first-order valence-corrected chi connectivity index (χ1v) is 8.06. The molecule has 1 amide bonds. The van der Waals surface area contributed by atoms with E-state index < -0.39 is 0 Å². The first-order chi connectivity index (χ1) is 11.6. The number of aryl methyl sites for hydroxylation is 1. The van der Waals surface area contributed by atoms with Crippen molar-refractivity contribution < 1.29 is 19.0 Å². The Morgan fingerprint density at radius 2 is 1.88 bits per heavy atom. The molecule has 2 aromatic rings. The molecule has 0 fully saturated rings. The van der Waals surface area contributed by atoms with E-state index in [4.69, 9.17) is 14.2 Å². The molecule has 1 heterocycles. The zero-order chi connectivity index (χ0) is 17.5. The molecule has 0 unspecified atom stereocenters. The number of ether oxygens (including phenoxy) is 3. The predicted molar refractivity (Wildman–Crippen MR) is 93.8 cm³/mol. The highest BCUT2D eigenvalue weighted by atomic mass is 32.1. The third-order valence-electron chi connectivity index (χ3n) is 3.22. The Hall–Kier alpha value is -2.54. The second-order valence-electron chi connectivity index (χ2n) is 4.86. The molecule has 0 saturated carbocycles. The number of thiazole rings is 1. The summed E-state index contributed by atoms with van der Waals surface area (Å²) in [7, 11) is 4.65. The maximum atomic E-state index is 11.9. The number of nitrogens with one attached hydrogen (secondary N) is 1. The molecular formula is C17H20N2O4S. The summed E-state index contributed by atoms with van der Waals surface area (Å²) in [4.78, 5) is 17.1. The van der Waals surface area contributed by atoms with Gasteiger partial charge < -0.3 is 19.5 Å². The van der Waals surface area contributed by atoms with Crippen LogP contribution in [0.1, 0.15) is 15.4 Å². The summed E-state index contributed by atoms with van der Waals surface area (Å²) in [5.74, 6) is 1.41. The Balaban J connectivity index is 2.06. The maximum absolute atomic E-state index is 11.9. The summed E-state index contributed by atoms with van der Waals surface area (Å²) in [6.07, 6.45) is 4.93. The number of carbonyl (C=O) groups excluding carboxylic acids is 1. The van der Waals surface area contributed by atoms with Crippen LogP contribution < -0.4 is 19.5 Å². The standard InChI is InChI=1S/C17H20N2O4S/c1-11-18-9-13(24-11)10-19-16(20)6-5-12-7-14(21-2)17(23-4)15(8-12)22-3/h5-9H,10H2,1-4H3,(H,19,20). The normalized spacial score (nSPS) is 10.7. The van der Waals surface area contributed by atoms with E-state index in [2.05, 4.69) is 10.3 Å². The largest absolute Gasteiger partial charge is 0.493 e. The second kappa shape index (κ2) is 8.35. The monoisotopic (exact) mass is 348 g/mol. The molecule has 7 heteroatoms. The van der Waals surface area contributed by atoms with E-state index in [1.807, 2.05) is 6.92 Å². The van der Waals surface area contributed by atoms with Crippen molar-refractivity contribution in [2.45, 2.75) is 13.5 Å². The number of methoxy groups -OCH3 is 3. The second-order valence-corrected chi connectivity index (χ2v) is 6.17. The van der Waals surface area contributed by atoms with Gasteiger partial charge in [-0.05, 0) is 30.7 Å². The molecule has 2 rings (SSSR count). The molecular weight excluding hydrogens is 328 g/mol. The maximum Gasteiger partial charge on any atom is 0.244 e. The van der Waals surface area contributed by atoms with Crippen molar-refractivity contribution in [3.05, 3.63) is 39.9 Å². The van der Waals surface area contributed by atoms with Crippen LogP contribution in [-0.2, 0) is 11.3 Å². The SMILES string of the molecule is COc1cc(C=CC(=O)NCc2cnc(C)s2)cc(OC)c1OC. The number of aromatic nitrogens is 1. The summed E-state index contributed by atoms with van der Waals surface area (Å²) in [6.45, 7) is 2.39. The van der Waals surface area contributed by atoms with Crippen LogP contribution in [-0.4, -0.2) is 32.2 Å². The Morgan fingerprint density at radius 1 is 1.21 bits per heavy atom. The number of benzene rings is 1. The van der Waals surface area contributed by atoms with Gasteiger partial charge in [0.1, 0.15) is 0 Å². The third kappa shape index (κ3) is 4.48. The highest BCUT2D eigenvalue weighted by molar-refractivity contribution is 7.11. The van der Waals surface area contributed by atoms with Crippen molar-refractivity contribution in [3.8, 4) is 17.2 Å². The zero-order valence-electron chi connectivity index (χ0n) is 14.1. The molecule has 0 aliphatic rings. The van der Waals surface area contributed by atoms with Gasteiger partial charge in [0.25, 0.3) is 0 Å². The van der Waals surface area contributed by atoms with Gasteiger partial charge in [-0.3, -0.25) is 4.79 Å². The Labute approximate surface area is 145 Å². The fourth-order valence-corrected chi connectivity index (χ4v) is 2.82. The van der Waals surface area contributed by atoms with Gasteiger partial charge in [-0.1, -0.05) is 0 Å². The first-order valence-electron chi connectivity index (χ1n) is 7.24. The van der Waals surface area contributed by atoms with Gasteiger partial charge in [0, 0.05) is 17.2 Å². The fourth-order valence-electron chi connectivity index (χ4n) is 2.09. The third-order valence-corrected chi connectivity index (χ3v) is 4.13. The predicted octanol–water partition coefficient (Wildman–Crippen LogP) is 2.81. The van der Waals surface area contributed by atoms with Gasteiger partial charge in [-0.25, -0.2) is 4.98 Å². The first kappa shape index (κ1) is 17.8. The Kier molecular flexibility index (Phi) is 6.20. The van der Waals surface area contributed by atoms with Crippen LogP contribution in [0.3, 0.4) is 0 Å². The molecule has 6 nitrogen and oxygen atoms in total. The topological polar surface area (TPSA) is 69.7 Å². The summed E-state index contributed by atoms with van der Waals surface area (Å²) >= 11 is 1.56. The highest BCUT2D eigenvalue weighted by Crippen LogP contribution is 2.38. The van der Waals surface area contributed by atoms with Crippen molar-refractivity contribution in [1.29, 1.82) is 0 Å². The smallest absolute Gasteiger partial charge is 0.244 e. The molecule has 1 aromatic heterocycles. The lowest BCUT2D eigenvalue weighted by molar-refractivity contribution is -0.116. The van der Waals surface area contributed by atoms with Gasteiger partial charge in [-0.2, -0.15) is 0 Å². The van der Waals surface area contributed by atoms with Crippen molar-refractivity contribution in [3.63, 3.8) is 0 Å². The van der Waals surface area contributed by atoms with Crippen molar-refractivity contribution in [2.24, 2.45) is 0 Å². The van der Waals surface area contributed by atoms with Crippen LogP contribution in [0.5, 0.6) is 17.2 Å². The van der Waals surface area contributed by atoms with E-state index in [9.17, 15) is 4.79 Å². The molecule has 0 aliphatic carbocycles. The fraction of sp³-hybridized carbons (Fsp3) is 0.294. The summed E-state index contributed by atoms with van der Waals surface area (Å²) in [5, 5.41) is 3.80. The number of nitrogens with zero attached hydrogens (tertiary/aromatic N) is 1. The minimum Gasteiger partial charge on any atom is -0.493 e. The average molecular weight is 348 g/mol. The van der Waals surface area contributed by atoms with E-state index >= 15 is 0 Å². The lowest BCUT2D eigenvalue weighted by Crippen LogP contribution is -2.19. The molecule has 128 valence electrons. The number of hydrogen-bond acceptors (Lipinski definition) is 6. The molecule has 1 aromatic carbocycles. The van der Waals surface area contributed by atoms with E-state index in [0.29, 0.717) is 23.8 Å². The lowest BCUT2D eigenvalue weighted by atomic mass is 10.1. The van der Waals surface area contributed by atoms with Gasteiger partial charge in [0.2, 0.25) is 11.7 Å². The van der Waals surface area contributed by atoms with Crippen molar-refractivity contribution in [2.75, 3.05) is 21.3 Å². The van der Waals surface area contributed by atoms with Crippen molar-refractivity contribution in [1.82, 2.24) is 10.3 Å². The quantitative estimate of drug-likeness (QED) is 0.779. The van der Waals surface area contributed by atoms with Gasteiger partial charge in [-0.15, -0.1) is 11.3 Å². The van der Waals surface area contributed by atoms with Crippen LogP contribution in [0, 0.1) is 6.92 Å². The van der Waals surface area contributed by atoms with E-state index in [-0.39, 0.29) is 5.91 Å². The molecule has 24 heavy (non-hydrogen) atoms. The number of rotatable bonds is 7. The molecule has 1 N–H and O–H groups in total. The summed E-state index contributed by atoms with van der Waals surface area (Å²) in [5.41, 5.74) is 0.772. The lowest BCUT2D eigenvalue weighted by Gasteiger charge is -2.12. The van der Waals surface area contributed by atoms with E-state index in [0.717, 1.165) is 15.4 Å². The molecule has 0 radical (unpaired) electrons. The van der Waals surface area contributed by atoms with E-state index in [1.165, 1.54) is 6.08 Å². The van der Waals surface area contributed by atoms with Crippen LogP contribution in [0.15, 0.2) is 24.4 Å².